The Balaban J connectivity index is 2.13. The summed E-state index contributed by atoms with van der Waals surface area (Å²) in [5.74, 6) is -0.499. The summed E-state index contributed by atoms with van der Waals surface area (Å²) in [6.07, 6.45) is 1.58. The highest BCUT2D eigenvalue weighted by molar-refractivity contribution is 9.11. The molecule has 0 radical (unpaired) electrons. The predicted octanol–water partition coefficient (Wildman–Crippen LogP) is 4.70. The first kappa shape index (κ1) is 16.4. The maximum absolute atomic E-state index is 13.0. The van der Waals surface area contributed by atoms with Crippen LogP contribution in [-0.4, -0.2) is 13.4 Å². The van der Waals surface area contributed by atoms with Gasteiger partial charge in [-0.1, -0.05) is 22.0 Å². The lowest BCUT2D eigenvalue weighted by molar-refractivity contribution is 0.599. The topological polar surface area (TPSA) is 59.1 Å². The van der Waals surface area contributed by atoms with Crippen molar-refractivity contribution in [2.45, 2.75) is 4.90 Å². The fourth-order valence-corrected chi connectivity index (χ4v) is 4.67. The van der Waals surface area contributed by atoms with Crippen molar-refractivity contribution in [3.8, 4) is 0 Å². The van der Waals surface area contributed by atoms with Gasteiger partial charge in [0.25, 0.3) is 10.0 Å². The quantitative estimate of drug-likeness (QED) is 0.617. The van der Waals surface area contributed by atoms with Crippen molar-refractivity contribution in [3.05, 3.63) is 63.4 Å². The van der Waals surface area contributed by atoms with Crippen molar-refractivity contribution in [2.24, 2.45) is 0 Å². The van der Waals surface area contributed by atoms with Gasteiger partial charge >= 0.3 is 0 Å². The molecule has 0 bridgehead atoms. The van der Waals surface area contributed by atoms with E-state index in [9.17, 15) is 12.8 Å². The van der Waals surface area contributed by atoms with Crippen molar-refractivity contribution in [2.75, 3.05) is 4.72 Å². The summed E-state index contributed by atoms with van der Waals surface area (Å²) >= 11 is 6.77. The second-order valence-electron chi connectivity index (χ2n) is 4.67. The van der Waals surface area contributed by atoms with Crippen molar-refractivity contribution in [1.29, 1.82) is 0 Å². The summed E-state index contributed by atoms with van der Waals surface area (Å²) in [6.45, 7) is 0. The zero-order valence-electron chi connectivity index (χ0n) is 11.4. The zero-order valence-corrected chi connectivity index (χ0v) is 15.4. The van der Waals surface area contributed by atoms with E-state index >= 15 is 0 Å². The predicted molar refractivity (Wildman–Crippen MR) is 94.4 cm³/mol. The Morgan fingerprint density at radius 1 is 1.04 bits per heavy atom. The lowest BCUT2D eigenvalue weighted by atomic mass is 10.2. The summed E-state index contributed by atoms with van der Waals surface area (Å²) in [6, 6.07) is 9.95. The van der Waals surface area contributed by atoms with E-state index < -0.39 is 15.8 Å². The van der Waals surface area contributed by atoms with E-state index in [0.29, 0.717) is 15.7 Å². The molecule has 1 N–H and O–H groups in total. The zero-order chi connectivity index (χ0) is 16.6. The molecule has 0 amide bonds. The molecule has 0 aliphatic heterocycles. The smallest absolute Gasteiger partial charge is 0.262 e. The third-order valence-corrected chi connectivity index (χ3v) is 5.80. The van der Waals surface area contributed by atoms with Crippen LogP contribution in [0.3, 0.4) is 0 Å². The van der Waals surface area contributed by atoms with Crippen LogP contribution in [0.1, 0.15) is 0 Å². The number of rotatable bonds is 3. The molecule has 0 unspecified atom stereocenters. The maximum atomic E-state index is 13.0. The minimum atomic E-state index is -3.86. The average Bonchev–Trinajstić information content (AvgIpc) is 2.52. The highest BCUT2D eigenvalue weighted by Gasteiger charge is 2.19. The number of hydrogen-bond donors (Lipinski definition) is 1. The van der Waals surface area contributed by atoms with Gasteiger partial charge in [-0.15, -0.1) is 0 Å². The first-order chi connectivity index (χ1) is 10.9. The van der Waals surface area contributed by atoms with Crippen LogP contribution >= 0.6 is 31.9 Å². The lowest BCUT2D eigenvalue weighted by Crippen LogP contribution is -2.14. The molecule has 0 fully saturated rings. The Morgan fingerprint density at radius 3 is 2.43 bits per heavy atom. The molecule has 1 heterocycles. The van der Waals surface area contributed by atoms with Crippen molar-refractivity contribution in [1.82, 2.24) is 4.98 Å². The standard InChI is InChI=1S/C15H9Br2FN2O2S/c16-12-8-13(17)15(14-11(12)2-1-7-19-14)20-23(21,22)10-5-3-9(18)4-6-10/h1-8,20H. The first-order valence-corrected chi connectivity index (χ1v) is 9.46. The molecule has 1 aromatic heterocycles. The van der Waals surface area contributed by atoms with Crippen LogP contribution < -0.4 is 4.72 Å². The molecule has 0 aliphatic carbocycles. The number of fused-ring (bicyclic) bond motifs is 1. The van der Waals surface area contributed by atoms with Crippen LogP contribution in [-0.2, 0) is 10.0 Å². The molecule has 118 valence electrons. The van der Waals surface area contributed by atoms with Crippen LogP contribution in [0.25, 0.3) is 10.9 Å². The fraction of sp³-hybridized carbons (Fsp3) is 0. The van der Waals surface area contributed by atoms with E-state index in [0.717, 1.165) is 22.0 Å². The van der Waals surface area contributed by atoms with Gasteiger partial charge in [0.2, 0.25) is 0 Å². The van der Waals surface area contributed by atoms with E-state index in [-0.39, 0.29) is 4.90 Å². The number of hydrogen-bond acceptors (Lipinski definition) is 3. The number of halogens is 3. The lowest BCUT2D eigenvalue weighted by Gasteiger charge is -2.13. The van der Waals surface area contributed by atoms with Crippen molar-refractivity contribution < 1.29 is 12.8 Å². The SMILES string of the molecule is O=S(=O)(Nc1c(Br)cc(Br)c2cccnc12)c1ccc(F)cc1. The Morgan fingerprint density at radius 2 is 1.74 bits per heavy atom. The third kappa shape index (κ3) is 3.24. The van der Waals surface area contributed by atoms with Crippen LogP contribution in [0.15, 0.2) is 62.5 Å². The molecule has 0 saturated carbocycles. The highest BCUT2D eigenvalue weighted by atomic mass is 79.9. The molecule has 2 aromatic carbocycles. The van der Waals surface area contributed by atoms with E-state index in [1.54, 1.807) is 18.3 Å². The Labute approximate surface area is 149 Å². The Bertz CT molecular complexity index is 992. The second-order valence-corrected chi connectivity index (χ2v) is 8.07. The number of nitrogens with one attached hydrogen (secondary N) is 1. The van der Waals surface area contributed by atoms with E-state index in [2.05, 4.69) is 41.6 Å². The van der Waals surface area contributed by atoms with Crippen LogP contribution in [0.4, 0.5) is 10.1 Å². The minimum absolute atomic E-state index is 0.0298. The summed E-state index contributed by atoms with van der Waals surface area (Å²) in [5.41, 5.74) is 0.826. The molecule has 4 nitrogen and oxygen atoms in total. The number of nitrogens with zero attached hydrogens (tertiary/aromatic N) is 1. The monoisotopic (exact) mass is 458 g/mol. The molecular formula is C15H9Br2FN2O2S. The fourth-order valence-electron chi connectivity index (χ4n) is 2.08. The first-order valence-electron chi connectivity index (χ1n) is 6.39. The van der Waals surface area contributed by atoms with Crippen molar-refractivity contribution >= 4 is 58.5 Å². The molecule has 3 rings (SSSR count). The molecule has 0 saturated heterocycles. The van der Waals surface area contributed by atoms with Crippen LogP contribution in [0.5, 0.6) is 0 Å². The number of sulfonamides is 1. The number of pyridine rings is 1. The normalized spacial score (nSPS) is 11.6. The Kier molecular flexibility index (Phi) is 4.39. The Hall–Kier alpha value is -1.51. The molecule has 23 heavy (non-hydrogen) atoms. The molecular weight excluding hydrogens is 451 g/mol. The van der Waals surface area contributed by atoms with E-state index in [1.807, 2.05) is 6.07 Å². The molecule has 8 heteroatoms. The van der Waals surface area contributed by atoms with Gasteiger partial charge in [-0.05, 0) is 52.3 Å². The van der Waals surface area contributed by atoms with Gasteiger partial charge in [-0.2, -0.15) is 0 Å². The summed E-state index contributed by atoms with van der Waals surface area (Å²) in [5, 5.41) is 0.771. The minimum Gasteiger partial charge on any atom is -0.276 e. The molecule has 0 aliphatic rings. The third-order valence-electron chi connectivity index (χ3n) is 3.15. The summed E-state index contributed by atoms with van der Waals surface area (Å²) in [7, 11) is -3.86. The van der Waals surface area contributed by atoms with Gasteiger partial charge in [0.15, 0.2) is 0 Å². The highest BCUT2D eigenvalue weighted by Crippen LogP contribution is 2.36. The van der Waals surface area contributed by atoms with Gasteiger partial charge in [-0.25, -0.2) is 12.8 Å². The van der Waals surface area contributed by atoms with Crippen LogP contribution in [0, 0.1) is 5.82 Å². The van der Waals surface area contributed by atoms with Crippen LogP contribution in [0.2, 0.25) is 0 Å². The number of anilines is 1. The van der Waals surface area contributed by atoms with Gasteiger partial charge in [-0.3, -0.25) is 9.71 Å². The second kappa shape index (κ2) is 6.18. The number of aromatic nitrogens is 1. The maximum Gasteiger partial charge on any atom is 0.262 e. The van der Waals surface area contributed by atoms with E-state index in [1.165, 1.54) is 12.1 Å². The summed E-state index contributed by atoms with van der Waals surface area (Å²) < 4.78 is 41.8. The van der Waals surface area contributed by atoms with Crippen molar-refractivity contribution in [3.63, 3.8) is 0 Å². The number of benzene rings is 2. The van der Waals surface area contributed by atoms with Gasteiger partial charge in [0, 0.05) is 20.5 Å². The van der Waals surface area contributed by atoms with Gasteiger partial charge in [0.1, 0.15) is 5.82 Å². The molecule has 3 aromatic rings. The van der Waals surface area contributed by atoms with Gasteiger partial charge in [0.05, 0.1) is 16.1 Å². The summed E-state index contributed by atoms with van der Waals surface area (Å²) in [4.78, 5) is 4.22. The largest absolute Gasteiger partial charge is 0.276 e. The average molecular weight is 460 g/mol. The molecule has 0 atom stereocenters. The van der Waals surface area contributed by atoms with E-state index in [4.69, 9.17) is 0 Å². The molecule has 0 spiro atoms. The van der Waals surface area contributed by atoms with Gasteiger partial charge < -0.3 is 0 Å².